The summed E-state index contributed by atoms with van der Waals surface area (Å²) in [6.45, 7) is 4.14. The van der Waals surface area contributed by atoms with Gasteiger partial charge in [-0.2, -0.15) is 5.26 Å². The first-order valence-electron chi connectivity index (χ1n) is 10.4. The van der Waals surface area contributed by atoms with Gasteiger partial charge in [-0.25, -0.2) is 0 Å². The monoisotopic (exact) mass is 609 g/mol. The van der Waals surface area contributed by atoms with Crippen LogP contribution < -0.4 is 0 Å². The summed E-state index contributed by atoms with van der Waals surface area (Å²) in [6, 6.07) is 28.4. The van der Waals surface area contributed by atoms with Gasteiger partial charge in [0.25, 0.3) is 0 Å². The molecule has 0 atom stereocenters. The van der Waals surface area contributed by atoms with Crippen molar-refractivity contribution in [3.05, 3.63) is 102 Å². The average Bonchev–Trinajstić information content (AvgIpc) is 3.09. The normalized spacial score (nSPS) is 13.4. The maximum Gasteiger partial charge on any atom is 0.124 e. The molecule has 0 radical (unpaired) electrons. The first kappa shape index (κ1) is 22.6. The van der Waals surface area contributed by atoms with Crippen LogP contribution >= 0.6 is 0 Å². The predicted molar refractivity (Wildman–Crippen MR) is 126 cm³/mol. The quantitative estimate of drug-likeness (QED) is 0.281. The van der Waals surface area contributed by atoms with Gasteiger partial charge in [0.05, 0.1) is 11.8 Å². The minimum absolute atomic E-state index is 0. The van der Waals surface area contributed by atoms with Crippen LogP contribution in [0.3, 0.4) is 0 Å². The number of nitriles is 1. The number of hydrogen-bond acceptors (Lipinski definition) is 4. The number of phenols is 1. The molecule has 1 N–H and O–H groups in total. The van der Waals surface area contributed by atoms with Gasteiger partial charge in [-0.15, -0.1) is 29.8 Å². The molecule has 0 saturated carbocycles. The van der Waals surface area contributed by atoms with E-state index in [0.717, 1.165) is 39.3 Å². The van der Waals surface area contributed by atoms with E-state index in [1.54, 1.807) is 18.3 Å². The van der Waals surface area contributed by atoms with Crippen molar-refractivity contribution < 1.29 is 26.2 Å². The number of pyridine rings is 1. The van der Waals surface area contributed by atoms with Crippen molar-refractivity contribution in [1.82, 2.24) is 4.98 Å². The Labute approximate surface area is 207 Å². The van der Waals surface area contributed by atoms with Crippen molar-refractivity contribution in [1.29, 1.82) is 5.26 Å². The first-order chi connectivity index (χ1) is 15.5. The molecule has 3 aromatic carbocycles. The van der Waals surface area contributed by atoms with Crippen LogP contribution in [0.15, 0.2) is 84.0 Å². The summed E-state index contributed by atoms with van der Waals surface area (Å²) in [4.78, 5) is 9.44. The smallest absolute Gasteiger partial charge is 0.124 e. The molecular formula is C28H20N3OPt-. The van der Waals surface area contributed by atoms with Crippen molar-refractivity contribution in [3.8, 4) is 34.2 Å². The Hall–Kier alpha value is -3.54. The third-order valence-corrected chi connectivity index (χ3v) is 5.91. The number of para-hydroxylation sites is 1. The zero-order valence-corrected chi connectivity index (χ0v) is 20.4. The van der Waals surface area contributed by atoms with E-state index in [2.05, 4.69) is 31.0 Å². The Balaban J connectivity index is 0.00000259. The second-order valence-electron chi connectivity index (χ2n) is 8.33. The van der Waals surface area contributed by atoms with Gasteiger partial charge in [0.1, 0.15) is 5.75 Å². The molecule has 1 aliphatic heterocycles. The Morgan fingerprint density at radius 1 is 0.909 bits per heavy atom. The molecule has 33 heavy (non-hydrogen) atoms. The van der Waals surface area contributed by atoms with Crippen LogP contribution in [0.1, 0.15) is 30.5 Å². The first-order valence-corrected chi connectivity index (χ1v) is 10.4. The van der Waals surface area contributed by atoms with Gasteiger partial charge in [0.15, 0.2) is 0 Å². The standard InChI is InChI=1S/C28H20N3O.Pt/c1-28(2)23-15-18(17-29)14-22(26(23)31-27(28)21-10-3-4-12-25(21)32)19-8-7-9-20(16-19)24-11-5-6-13-30-24;/h3-15,32H,1-2H3;/q-1;. The molecule has 0 aliphatic carbocycles. The fourth-order valence-corrected chi connectivity index (χ4v) is 4.25. The Bertz CT molecular complexity index is 1420. The van der Waals surface area contributed by atoms with Crippen LogP contribution in [0.2, 0.25) is 0 Å². The molecule has 0 saturated heterocycles. The Morgan fingerprint density at radius 3 is 2.39 bits per heavy atom. The van der Waals surface area contributed by atoms with Crippen molar-refractivity contribution >= 4 is 11.4 Å². The predicted octanol–water partition coefficient (Wildman–Crippen LogP) is 6.20. The van der Waals surface area contributed by atoms with E-state index < -0.39 is 5.41 Å². The molecule has 164 valence electrons. The van der Waals surface area contributed by atoms with E-state index in [0.29, 0.717) is 11.1 Å². The summed E-state index contributed by atoms with van der Waals surface area (Å²) in [5, 5.41) is 20.2. The number of phenolic OH excluding ortho intramolecular Hbond substituents is 1. The molecule has 1 aromatic heterocycles. The van der Waals surface area contributed by atoms with E-state index in [9.17, 15) is 10.4 Å². The minimum Gasteiger partial charge on any atom is -0.507 e. The summed E-state index contributed by atoms with van der Waals surface area (Å²) in [6.07, 6.45) is 1.76. The topological polar surface area (TPSA) is 69.3 Å². The minimum atomic E-state index is -0.478. The van der Waals surface area contributed by atoms with Crippen LogP contribution in [0, 0.1) is 17.4 Å². The molecule has 0 amide bonds. The van der Waals surface area contributed by atoms with E-state index in [1.165, 1.54) is 0 Å². The third-order valence-electron chi connectivity index (χ3n) is 5.91. The van der Waals surface area contributed by atoms with Crippen molar-refractivity contribution in [2.75, 3.05) is 0 Å². The second kappa shape index (κ2) is 8.77. The summed E-state index contributed by atoms with van der Waals surface area (Å²) in [5.41, 5.74) is 6.74. The van der Waals surface area contributed by atoms with Gasteiger partial charge in [0, 0.05) is 55.2 Å². The zero-order valence-electron chi connectivity index (χ0n) is 18.1. The molecule has 1 aliphatic rings. The number of aromatic hydroxyl groups is 1. The fraction of sp³-hybridized carbons (Fsp3) is 0.107. The van der Waals surface area contributed by atoms with Crippen LogP contribution in [-0.2, 0) is 26.5 Å². The number of nitrogens with zero attached hydrogens (tertiary/aromatic N) is 3. The molecule has 0 spiro atoms. The number of fused-ring (bicyclic) bond motifs is 1. The van der Waals surface area contributed by atoms with E-state index in [1.807, 2.05) is 60.7 Å². The van der Waals surface area contributed by atoms with Gasteiger partial charge in [-0.3, -0.25) is 9.98 Å². The second-order valence-corrected chi connectivity index (χ2v) is 8.33. The Morgan fingerprint density at radius 2 is 1.67 bits per heavy atom. The molecule has 0 fully saturated rings. The van der Waals surface area contributed by atoms with Crippen molar-refractivity contribution in [3.63, 3.8) is 0 Å². The molecule has 4 nitrogen and oxygen atoms in total. The molecule has 0 unspecified atom stereocenters. The van der Waals surface area contributed by atoms with Crippen molar-refractivity contribution in [2.45, 2.75) is 19.3 Å². The number of hydrogen-bond donors (Lipinski definition) is 1. The van der Waals surface area contributed by atoms with E-state index in [-0.39, 0.29) is 26.8 Å². The molecule has 2 heterocycles. The van der Waals surface area contributed by atoms with Gasteiger partial charge in [-0.1, -0.05) is 55.3 Å². The van der Waals surface area contributed by atoms with Crippen LogP contribution in [0.25, 0.3) is 22.4 Å². The van der Waals surface area contributed by atoms with Crippen LogP contribution in [0.4, 0.5) is 5.69 Å². The summed E-state index contributed by atoms with van der Waals surface area (Å²) in [7, 11) is 0. The molecular weight excluding hydrogens is 589 g/mol. The third kappa shape index (κ3) is 3.90. The maximum absolute atomic E-state index is 10.5. The number of benzene rings is 3. The van der Waals surface area contributed by atoms with Crippen LogP contribution in [-0.4, -0.2) is 15.8 Å². The SMILES string of the molecule is CC1(C)C(c2ccccc2O)=Nc2c(-c3[c-]c(-c4ccccn4)ccc3)cc(C#N)cc21.[Pt]. The average molecular weight is 610 g/mol. The molecule has 0 bridgehead atoms. The van der Waals surface area contributed by atoms with Gasteiger partial charge in [0.2, 0.25) is 0 Å². The number of aromatic nitrogens is 1. The summed E-state index contributed by atoms with van der Waals surface area (Å²) in [5.74, 6) is 0.192. The number of rotatable bonds is 3. The molecule has 5 heteroatoms. The fourth-order valence-electron chi connectivity index (χ4n) is 4.25. The summed E-state index contributed by atoms with van der Waals surface area (Å²) >= 11 is 0. The van der Waals surface area contributed by atoms with Crippen molar-refractivity contribution in [2.24, 2.45) is 4.99 Å². The largest absolute Gasteiger partial charge is 0.507 e. The Kier molecular flexibility index (Phi) is 6.02. The van der Waals surface area contributed by atoms with Crippen LogP contribution in [0.5, 0.6) is 5.75 Å². The van der Waals surface area contributed by atoms with Gasteiger partial charge >= 0.3 is 0 Å². The van der Waals surface area contributed by atoms with Gasteiger partial charge in [-0.05, 0) is 29.8 Å². The van der Waals surface area contributed by atoms with E-state index in [4.69, 9.17) is 4.99 Å². The summed E-state index contributed by atoms with van der Waals surface area (Å²) < 4.78 is 0. The number of aliphatic imine (C=N–C) groups is 1. The van der Waals surface area contributed by atoms with E-state index >= 15 is 0 Å². The molecule has 5 rings (SSSR count). The zero-order chi connectivity index (χ0) is 22.3. The maximum atomic E-state index is 10.5. The van der Waals surface area contributed by atoms with Gasteiger partial charge < -0.3 is 5.11 Å². The molecule has 4 aromatic rings.